The van der Waals surface area contributed by atoms with E-state index in [1.807, 2.05) is 18.2 Å². The third-order valence-electron chi connectivity index (χ3n) is 3.95. The number of aromatic nitrogens is 2. The third-order valence-corrected chi connectivity index (χ3v) is 3.95. The number of nitrogens with zero attached hydrogens (tertiary/aromatic N) is 2. The van der Waals surface area contributed by atoms with Crippen LogP contribution in [-0.2, 0) is 0 Å². The number of rotatable bonds is 2. The first-order chi connectivity index (χ1) is 10.9. The summed E-state index contributed by atoms with van der Waals surface area (Å²) in [6.45, 7) is 0. The molecule has 106 valence electrons. The Balaban J connectivity index is 1.97. The maximum atomic E-state index is 4.88. The molecule has 0 saturated heterocycles. The van der Waals surface area contributed by atoms with Gasteiger partial charge in [0.2, 0.25) is 0 Å². The van der Waals surface area contributed by atoms with Gasteiger partial charge >= 0.3 is 0 Å². The van der Waals surface area contributed by atoms with Gasteiger partial charge in [-0.2, -0.15) is 0 Å². The van der Waals surface area contributed by atoms with Crippen LogP contribution in [-0.4, -0.2) is 9.97 Å². The van der Waals surface area contributed by atoms with E-state index in [2.05, 4.69) is 54.6 Å². The monoisotopic (exact) mass is 284 g/mol. The quantitative estimate of drug-likeness (QED) is 0.659. The minimum absolute atomic E-state index is 0.849. The van der Waals surface area contributed by atoms with Gasteiger partial charge in [0.1, 0.15) is 0 Å². The minimum atomic E-state index is 0.849. The fourth-order valence-corrected chi connectivity index (χ4v) is 2.83. The molecule has 0 saturated carbocycles. The second-order valence-electron chi connectivity index (χ2n) is 5.44. The highest BCUT2D eigenvalue weighted by Crippen LogP contribution is 2.29. The topological polar surface area (TPSA) is 25.8 Å². The Morgan fingerprint density at radius 3 is 2.45 bits per heavy atom. The van der Waals surface area contributed by atoms with Gasteiger partial charge in [0.25, 0.3) is 0 Å². The molecule has 1 aliphatic carbocycles. The number of para-hydroxylation sites is 1. The smallest absolute Gasteiger partial charge is 0.156 e. The summed E-state index contributed by atoms with van der Waals surface area (Å²) >= 11 is 0. The second kappa shape index (κ2) is 5.57. The zero-order chi connectivity index (χ0) is 14.8. The molecule has 0 atom stereocenters. The van der Waals surface area contributed by atoms with Crippen molar-refractivity contribution >= 4 is 16.5 Å². The normalized spacial score (nSPS) is 14.1. The van der Waals surface area contributed by atoms with Crippen molar-refractivity contribution in [1.29, 1.82) is 0 Å². The molecule has 0 bridgehead atoms. The lowest BCUT2D eigenvalue weighted by molar-refractivity contribution is 1.02. The van der Waals surface area contributed by atoms with Gasteiger partial charge in [0.15, 0.2) is 5.82 Å². The van der Waals surface area contributed by atoms with Gasteiger partial charge in [-0.25, -0.2) is 9.97 Å². The van der Waals surface area contributed by atoms with E-state index in [4.69, 9.17) is 9.97 Å². The molecule has 22 heavy (non-hydrogen) atoms. The van der Waals surface area contributed by atoms with Crippen LogP contribution >= 0.6 is 0 Å². The zero-order valence-electron chi connectivity index (χ0n) is 12.2. The van der Waals surface area contributed by atoms with Crippen LogP contribution in [0.2, 0.25) is 0 Å². The van der Waals surface area contributed by atoms with Crippen molar-refractivity contribution in [3.63, 3.8) is 0 Å². The maximum absolute atomic E-state index is 4.88. The van der Waals surface area contributed by atoms with Crippen LogP contribution in [0, 0.1) is 0 Å². The molecular weight excluding hydrogens is 268 g/mol. The third kappa shape index (κ3) is 2.33. The lowest BCUT2D eigenvalue weighted by Crippen LogP contribution is -1.99. The first-order valence-electron chi connectivity index (χ1n) is 7.60. The first-order valence-corrected chi connectivity index (χ1v) is 7.60. The second-order valence-corrected chi connectivity index (χ2v) is 5.44. The van der Waals surface area contributed by atoms with E-state index in [1.165, 1.54) is 5.57 Å². The summed E-state index contributed by atoms with van der Waals surface area (Å²) in [7, 11) is 0. The molecule has 0 N–H and O–H groups in total. The number of fused-ring (bicyclic) bond motifs is 1. The molecule has 2 heteroatoms. The van der Waals surface area contributed by atoms with Crippen molar-refractivity contribution in [2.45, 2.75) is 12.8 Å². The van der Waals surface area contributed by atoms with Gasteiger partial charge in [0.05, 0.1) is 11.2 Å². The Morgan fingerprint density at radius 2 is 1.64 bits per heavy atom. The number of allylic oxidation sites excluding steroid dienone is 4. The lowest BCUT2D eigenvalue weighted by Gasteiger charge is -2.12. The molecule has 0 unspecified atom stereocenters. The maximum Gasteiger partial charge on any atom is 0.156 e. The van der Waals surface area contributed by atoms with Crippen molar-refractivity contribution in [2.75, 3.05) is 0 Å². The Hall–Kier alpha value is -2.74. The van der Waals surface area contributed by atoms with E-state index in [0.717, 1.165) is 40.8 Å². The lowest BCUT2D eigenvalue weighted by atomic mass is 10.0. The predicted octanol–water partition coefficient (Wildman–Crippen LogP) is 5.03. The van der Waals surface area contributed by atoms with Crippen molar-refractivity contribution < 1.29 is 0 Å². The van der Waals surface area contributed by atoms with Crippen LogP contribution < -0.4 is 0 Å². The van der Waals surface area contributed by atoms with E-state index in [-0.39, 0.29) is 0 Å². The molecule has 0 spiro atoms. The summed E-state index contributed by atoms with van der Waals surface area (Å²) in [5.74, 6) is 0.849. The van der Waals surface area contributed by atoms with Crippen molar-refractivity contribution in [2.24, 2.45) is 0 Å². The molecular formula is C20H16N2. The number of hydrogen-bond acceptors (Lipinski definition) is 2. The Bertz CT molecular complexity index is 877. The van der Waals surface area contributed by atoms with E-state index < -0.39 is 0 Å². The van der Waals surface area contributed by atoms with Crippen LogP contribution in [0.1, 0.15) is 18.7 Å². The fraction of sp³-hybridized carbons (Fsp3) is 0.100. The Labute approximate surface area is 129 Å². The van der Waals surface area contributed by atoms with E-state index in [0.29, 0.717) is 0 Å². The van der Waals surface area contributed by atoms with Gasteiger partial charge in [-0.15, -0.1) is 0 Å². The van der Waals surface area contributed by atoms with Crippen LogP contribution in [0.4, 0.5) is 0 Å². The molecule has 0 fully saturated rings. The SMILES string of the molecule is C1=CCCC(c2nc(-c3ccccc3)c3ccccc3n2)=C1. The molecule has 1 aliphatic rings. The van der Waals surface area contributed by atoms with Gasteiger partial charge in [0, 0.05) is 10.9 Å². The fourth-order valence-electron chi connectivity index (χ4n) is 2.83. The molecule has 3 aromatic rings. The summed E-state index contributed by atoms with van der Waals surface area (Å²) in [6, 6.07) is 18.6. The van der Waals surface area contributed by atoms with Crippen LogP contribution in [0.3, 0.4) is 0 Å². The molecule has 2 aromatic carbocycles. The van der Waals surface area contributed by atoms with E-state index in [9.17, 15) is 0 Å². The van der Waals surface area contributed by atoms with Crippen molar-refractivity contribution in [3.05, 3.63) is 78.6 Å². The van der Waals surface area contributed by atoms with E-state index >= 15 is 0 Å². The van der Waals surface area contributed by atoms with Gasteiger partial charge in [-0.3, -0.25) is 0 Å². The number of benzene rings is 2. The number of hydrogen-bond donors (Lipinski definition) is 0. The van der Waals surface area contributed by atoms with Crippen molar-refractivity contribution in [1.82, 2.24) is 9.97 Å². The molecule has 0 radical (unpaired) electrons. The largest absolute Gasteiger partial charge is 0.228 e. The summed E-state index contributed by atoms with van der Waals surface area (Å²) in [4.78, 5) is 9.65. The molecule has 1 aromatic heterocycles. The zero-order valence-corrected chi connectivity index (χ0v) is 12.2. The highest BCUT2D eigenvalue weighted by Gasteiger charge is 2.12. The van der Waals surface area contributed by atoms with Gasteiger partial charge in [-0.05, 0) is 24.5 Å². The average Bonchev–Trinajstić information content (AvgIpc) is 2.62. The minimum Gasteiger partial charge on any atom is -0.228 e. The summed E-state index contributed by atoms with van der Waals surface area (Å²) in [6.07, 6.45) is 8.47. The van der Waals surface area contributed by atoms with Crippen LogP contribution in [0.15, 0.2) is 72.8 Å². The first kappa shape index (κ1) is 13.0. The molecule has 0 aliphatic heterocycles. The molecule has 0 amide bonds. The van der Waals surface area contributed by atoms with Crippen molar-refractivity contribution in [3.8, 4) is 11.3 Å². The van der Waals surface area contributed by atoms with E-state index in [1.54, 1.807) is 0 Å². The standard InChI is InChI=1S/C20H16N2/c1-3-9-15(10-4-1)19-17-13-7-8-14-18(17)21-20(22-19)16-11-5-2-6-12-16/h1-5,7-11,13-14H,6,12H2. The highest BCUT2D eigenvalue weighted by atomic mass is 14.9. The van der Waals surface area contributed by atoms with Crippen LogP contribution in [0.5, 0.6) is 0 Å². The van der Waals surface area contributed by atoms with Gasteiger partial charge < -0.3 is 0 Å². The predicted molar refractivity (Wildman–Crippen MR) is 91.3 cm³/mol. The molecule has 1 heterocycles. The highest BCUT2D eigenvalue weighted by molar-refractivity contribution is 5.93. The molecule has 2 nitrogen and oxygen atoms in total. The average molecular weight is 284 g/mol. The summed E-state index contributed by atoms with van der Waals surface area (Å²) in [5.41, 5.74) is 4.36. The molecule has 4 rings (SSSR count). The summed E-state index contributed by atoms with van der Waals surface area (Å²) < 4.78 is 0. The Kier molecular flexibility index (Phi) is 3.28. The van der Waals surface area contributed by atoms with Gasteiger partial charge in [-0.1, -0.05) is 66.8 Å². The summed E-state index contributed by atoms with van der Waals surface area (Å²) in [5, 5.41) is 1.10. The Morgan fingerprint density at radius 1 is 0.818 bits per heavy atom. The van der Waals surface area contributed by atoms with Crippen LogP contribution in [0.25, 0.3) is 27.7 Å².